The summed E-state index contributed by atoms with van der Waals surface area (Å²) >= 11 is 13.5. The number of anilines is 1. The van der Waals surface area contributed by atoms with Gasteiger partial charge in [-0.1, -0.05) is 12.1 Å². The van der Waals surface area contributed by atoms with E-state index in [0.29, 0.717) is 37.2 Å². The molecule has 3 aromatic rings. The predicted octanol–water partition coefficient (Wildman–Crippen LogP) is 5.35. The van der Waals surface area contributed by atoms with E-state index < -0.39 is 10.9 Å². The summed E-state index contributed by atoms with van der Waals surface area (Å²) < 4.78 is 1.67. The van der Waals surface area contributed by atoms with Crippen molar-refractivity contribution in [1.82, 2.24) is 25.3 Å². The fourth-order valence-electron chi connectivity index (χ4n) is 3.97. The molecule has 0 radical (unpaired) electrons. The van der Waals surface area contributed by atoms with E-state index in [4.69, 9.17) is 23.2 Å². The van der Waals surface area contributed by atoms with E-state index in [1.165, 1.54) is 0 Å². The van der Waals surface area contributed by atoms with Crippen molar-refractivity contribution in [2.45, 2.75) is 57.0 Å². The summed E-state index contributed by atoms with van der Waals surface area (Å²) in [7, 11) is 0. The molecule has 0 spiro atoms. The van der Waals surface area contributed by atoms with Crippen molar-refractivity contribution in [3.63, 3.8) is 0 Å². The summed E-state index contributed by atoms with van der Waals surface area (Å²) in [6, 6.07) is 8.46. The lowest BCUT2D eigenvalue weighted by molar-refractivity contribution is -0.118. The van der Waals surface area contributed by atoms with Crippen LogP contribution in [0.4, 0.5) is 5.69 Å². The number of thioether (sulfide) groups is 1. The van der Waals surface area contributed by atoms with Crippen LogP contribution in [0.25, 0.3) is 11.1 Å². The molecule has 0 saturated heterocycles. The molecule has 0 unspecified atom stereocenters. The predicted molar refractivity (Wildman–Crippen MR) is 148 cm³/mol. The van der Waals surface area contributed by atoms with E-state index in [0.717, 1.165) is 34.7 Å². The van der Waals surface area contributed by atoms with Crippen molar-refractivity contribution in [1.29, 1.82) is 0 Å². The summed E-state index contributed by atoms with van der Waals surface area (Å²) in [5.41, 5.74) is 5.01. The monoisotopic (exact) mass is 550 g/mol. The second kappa shape index (κ2) is 13.7. The standard InChI is InChI=1S/C25H32Cl2N6O2S/c1-16-23(17(2)32-31-16)18-8-10-19(11-9-18)29-24(34)20(6-4-7-22(26)27)30-25(35)21-12-13-28-33(21)14-5-15-36-3/h8-13,20,22H,4-7,14-15H2,1-3H3,(H,29,34)(H,30,35)(H,31,32)/t20-/m0/s1. The first kappa shape index (κ1) is 28.1. The Kier molecular flexibility index (Phi) is 10.7. The summed E-state index contributed by atoms with van der Waals surface area (Å²) in [5, 5.41) is 17.3. The van der Waals surface area contributed by atoms with Crippen molar-refractivity contribution in [3.05, 3.63) is 53.6 Å². The first-order valence-corrected chi connectivity index (χ1v) is 14.1. The molecule has 8 nitrogen and oxygen atoms in total. The van der Waals surface area contributed by atoms with E-state index in [2.05, 4.69) is 25.9 Å². The fraction of sp³-hybridized carbons (Fsp3) is 0.440. The van der Waals surface area contributed by atoms with Crippen LogP contribution in [0, 0.1) is 13.8 Å². The second-order valence-electron chi connectivity index (χ2n) is 8.51. The molecule has 11 heteroatoms. The minimum Gasteiger partial charge on any atom is -0.339 e. The Labute approximate surface area is 225 Å². The summed E-state index contributed by atoms with van der Waals surface area (Å²) in [6.45, 7) is 4.55. The quantitative estimate of drug-likeness (QED) is 0.196. The molecule has 2 amide bonds. The Balaban J connectivity index is 1.69. The van der Waals surface area contributed by atoms with Gasteiger partial charge in [0.1, 0.15) is 16.6 Å². The van der Waals surface area contributed by atoms with Gasteiger partial charge < -0.3 is 10.6 Å². The molecule has 1 aromatic carbocycles. The van der Waals surface area contributed by atoms with Gasteiger partial charge in [-0.15, -0.1) is 23.2 Å². The van der Waals surface area contributed by atoms with Crippen LogP contribution >= 0.6 is 35.0 Å². The maximum Gasteiger partial charge on any atom is 0.270 e. The van der Waals surface area contributed by atoms with E-state index >= 15 is 0 Å². The summed E-state index contributed by atoms with van der Waals surface area (Å²) in [4.78, 5) is 25.7. The molecule has 0 aliphatic heterocycles. The molecular weight excluding hydrogens is 519 g/mol. The Morgan fingerprint density at radius 3 is 2.50 bits per heavy atom. The molecule has 0 aliphatic rings. The topological polar surface area (TPSA) is 105 Å². The van der Waals surface area contributed by atoms with E-state index in [9.17, 15) is 9.59 Å². The first-order valence-electron chi connectivity index (χ1n) is 11.8. The molecule has 2 aromatic heterocycles. The van der Waals surface area contributed by atoms with Gasteiger partial charge in [0.2, 0.25) is 5.91 Å². The lowest BCUT2D eigenvalue weighted by Crippen LogP contribution is -2.44. The number of H-pyrrole nitrogens is 1. The van der Waals surface area contributed by atoms with Crippen LogP contribution in [0.1, 0.15) is 47.6 Å². The SMILES string of the molecule is CSCCCn1nccc1C(=O)N[C@@H](CCCC(Cl)Cl)C(=O)Nc1ccc(-c2c(C)n[nH]c2C)cc1. The Hall–Kier alpha value is -2.49. The third-order valence-electron chi connectivity index (χ3n) is 5.77. The minimum atomic E-state index is -0.753. The van der Waals surface area contributed by atoms with E-state index in [1.54, 1.807) is 28.7 Å². The molecular formula is C25H32Cl2N6O2S. The lowest BCUT2D eigenvalue weighted by atomic mass is 10.0. The number of benzene rings is 1. The zero-order valence-corrected chi connectivity index (χ0v) is 23.0. The number of carbonyl (C=O) groups excluding carboxylic acids is 2. The van der Waals surface area contributed by atoms with Gasteiger partial charge in [0, 0.05) is 29.7 Å². The van der Waals surface area contributed by atoms with Gasteiger partial charge in [0.15, 0.2) is 0 Å². The van der Waals surface area contributed by atoms with Crippen molar-refractivity contribution in [2.75, 3.05) is 17.3 Å². The Morgan fingerprint density at radius 1 is 1.11 bits per heavy atom. The zero-order valence-electron chi connectivity index (χ0n) is 20.7. The molecule has 0 fully saturated rings. The van der Waals surface area contributed by atoms with Crippen molar-refractivity contribution in [3.8, 4) is 11.1 Å². The van der Waals surface area contributed by atoms with Gasteiger partial charge in [-0.3, -0.25) is 19.4 Å². The number of aromatic amines is 1. The van der Waals surface area contributed by atoms with Crippen LogP contribution < -0.4 is 10.6 Å². The summed E-state index contributed by atoms with van der Waals surface area (Å²) in [6.07, 6.45) is 6.04. The van der Waals surface area contributed by atoms with Crippen LogP contribution in [-0.4, -0.2) is 54.7 Å². The molecule has 1 atom stereocenters. The van der Waals surface area contributed by atoms with Crippen LogP contribution in [0.3, 0.4) is 0 Å². The van der Waals surface area contributed by atoms with Crippen LogP contribution in [0.2, 0.25) is 0 Å². The number of hydrogen-bond donors (Lipinski definition) is 3. The van der Waals surface area contributed by atoms with Gasteiger partial charge in [-0.05, 0) is 75.3 Å². The maximum atomic E-state index is 13.2. The number of carbonyl (C=O) groups is 2. The molecule has 0 aliphatic carbocycles. The number of halogens is 2. The highest BCUT2D eigenvalue weighted by molar-refractivity contribution is 7.98. The molecule has 0 bridgehead atoms. The first-order chi connectivity index (χ1) is 17.3. The molecule has 3 rings (SSSR count). The number of amides is 2. The average Bonchev–Trinajstić information content (AvgIpc) is 3.45. The Morgan fingerprint density at radius 2 is 1.86 bits per heavy atom. The van der Waals surface area contributed by atoms with Crippen LogP contribution in [0.15, 0.2) is 36.5 Å². The summed E-state index contributed by atoms with van der Waals surface area (Å²) in [5.74, 6) is 0.329. The highest BCUT2D eigenvalue weighted by atomic mass is 35.5. The highest BCUT2D eigenvalue weighted by Gasteiger charge is 2.23. The highest BCUT2D eigenvalue weighted by Crippen LogP contribution is 2.26. The molecule has 3 N–H and O–H groups in total. The lowest BCUT2D eigenvalue weighted by Gasteiger charge is -2.19. The van der Waals surface area contributed by atoms with E-state index in [1.807, 2.05) is 44.4 Å². The molecule has 0 saturated carbocycles. The van der Waals surface area contributed by atoms with Crippen molar-refractivity contribution < 1.29 is 9.59 Å². The third-order valence-corrected chi connectivity index (χ3v) is 6.91. The van der Waals surface area contributed by atoms with Gasteiger partial charge in [0.25, 0.3) is 5.91 Å². The Bertz CT molecular complexity index is 1130. The fourth-order valence-corrected chi connectivity index (χ4v) is 4.69. The molecule has 36 heavy (non-hydrogen) atoms. The smallest absolute Gasteiger partial charge is 0.270 e. The number of hydrogen-bond acceptors (Lipinski definition) is 5. The average molecular weight is 552 g/mol. The molecule has 2 heterocycles. The second-order valence-corrected chi connectivity index (χ2v) is 10.8. The van der Waals surface area contributed by atoms with Crippen molar-refractivity contribution >= 4 is 52.5 Å². The third kappa shape index (κ3) is 7.75. The number of nitrogens with one attached hydrogen (secondary N) is 3. The number of nitrogens with zero attached hydrogens (tertiary/aromatic N) is 3. The van der Waals surface area contributed by atoms with Gasteiger partial charge in [-0.25, -0.2) is 0 Å². The normalized spacial score (nSPS) is 12.1. The van der Waals surface area contributed by atoms with Gasteiger partial charge >= 0.3 is 0 Å². The van der Waals surface area contributed by atoms with Gasteiger partial charge in [-0.2, -0.15) is 22.0 Å². The van der Waals surface area contributed by atoms with Gasteiger partial charge in [0.05, 0.1) is 5.69 Å². The largest absolute Gasteiger partial charge is 0.339 e. The maximum absolute atomic E-state index is 13.2. The van der Waals surface area contributed by atoms with E-state index in [-0.39, 0.29) is 11.8 Å². The molecule has 194 valence electrons. The number of rotatable bonds is 13. The number of aromatic nitrogens is 4. The zero-order chi connectivity index (χ0) is 26.1. The number of aryl methyl sites for hydroxylation is 3. The van der Waals surface area contributed by atoms with Crippen LogP contribution in [0.5, 0.6) is 0 Å². The minimum absolute atomic E-state index is 0.305. The van der Waals surface area contributed by atoms with Crippen molar-refractivity contribution in [2.24, 2.45) is 0 Å². The number of alkyl halides is 2. The van der Waals surface area contributed by atoms with Crippen LogP contribution in [-0.2, 0) is 11.3 Å².